The summed E-state index contributed by atoms with van der Waals surface area (Å²) in [5, 5.41) is 0. The van der Waals surface area contributed by atoms with Crippen LogP contribution in [0.25, 0.3) is 11.2 Å². The molecule has 4 rings (SSSR count). The molecule has 2 aliphatic rings. The Morgan fingerprint density at radius 3 is 2.68 bits per heavy atom. The van der Waals surface area contributed by atoms with Gasteiger partial charge < -0.3 is 4.90 Å². The van der Waals surface area contributed by atoms with Crippen molar-refractivity contribution in [1.29, 1.82) is 0 Å². The van der Waals surface area contributed by atoms with Gasteiger partial charge >= 0.3 is 0 Å². The Hall–Kier alpha value is -2.04. The maximum absolute atomic E-state index is 12.8. The molecule has 5 heteroatoms. The van der Waals surface area contributed by atoms with Crippen LogP contribution in [0, 0.1) is 5.41 Å². The lowest BCUT2D eigenvalue weighted by Gasteiger charge is -2.40. The number of pyridine rings is 1. The molecule has 5 nitrogen and oxygen atoms in total. The highest BCUT2D eigenvalue weighted by atomic mass is 16.2. The topological polar surface area (TPSA) is 59.0 Å². The minimum atomic E-state index is 0.0403. The van der Waals surface area contributed by atoms with E-state index >= 15 is 0 Å². The zero-order chi connectivity index (χ0) is 15.0. The van der Waals surface area contributed by atoms with E-state index in [-0.39, 0.29) is 5.91 Å². The maximum atomic E-state index is 12.8. The molecule has 0 bridgehead atoms. The third-order valence-corrected chi connectivity index (χ3v) is 5.16. The van der Waals surface area contributed by atoms with E-state index in [0.29, 0.717) is 16.8 Å². The molecule has 114 valence electrons. The summed E-state index contributed by atoms with van der Waals surface area (Å²) in [6.45, 7) is 1.74. The molecule has 2 aromatic heterocycles. The molecule has 1 aliphatic heterocycles. The maximum Gasteiger partial charge on any atom is 0.272 e. The zero-order valence-corrected chi connectivity index (χ0v) is 12.7. The molecule has 1 aliphatic carbocycles. The van der Waals surface area contributed by atoms with Gasteiger partial charge in [0.15, 0.2) is 5.65 Å². The Kier molecular flexibility index (Phi) is 3.28. The zero-order valence-electron chi connectivity index (χ0n) is 12.7. The number of hydrogen-bond donors (Lipinski definition) is 0. The van der Waals surface area contributed by atoms with E-state index in [1.54, 1.807) is 18.5 Å². The van der Waals surface area contributed by atoms with Crippen LogP contribution in [0.1, 0.15) is 49.0 Å². The molecule has 0 radical (unpaired) electrons. The second-order valence-electron chi connectivity index (χ2n) is 6.63. The van der Waals surface area contributed by atoms with Gasteiger partial charge in [-0.05, 0) is 43.2 Å². The van der Waals surface area contributed by atoms with Crippen LogP contribution in [0.4, 0.5) is 0 Å². The third kappa shape index (κ3) is 2.34. The van der Waals surface area contributed by atoms with Crippen LogP contribution in [0.15, 0.2) is 24.5 Å². The molecular weight excluding hydrogens is 276 g/mol. The number of fused-ring (bicyclic) bond motifs is 1. The van der Waals surface area contributed by atoms with Gasteiger partial charge in [-0.15, -0.1) is 0 Å². The first-order valence-electron chi connectivity index (χ1n) is 8.13. The summed E-state index contributed by atoms with van der Waals surface area (Å²) in [5.41, 5.74) is 2.14. The predicted octanol–water partition coefficient (Wildman–Crippen LogP) is 2.82. The van der Waals surface area contributed by atoms with Gasteiger partial charge in [-0.25, -0.2) is 9.97 Å². The van der Waals surface area contributed by atoms with E-state index in [1.165, 1.54) is 32.1 Å². The number of hydrogen-bond acceptors (Lipinski definition) is 4. The molecule has 2 fully saturated rings. The van der Waals surface area contributed by atoms with Gasteiger partial charge in [0.25, 0.3) is 5.91 Å². The van der Waals surface area contributed by atoms with Gasteiger partial charge in [-0.3, -0.25) is 9.78 Å². The van der Waals surface area contributed by atoms with Crippen LogP contribution >= 0.6 is 0 Å². The lowest BCUT2D eigenvalue weighted by atomic mass is 9.78. The third-order valence-electron chi connectivity index (χ3n) is 5.16. The van der Waals surface area contributed by atoms with Crippen molar-refractivity contribution in [2.24, 2.45) is 5.41 Å². The smallest absolute Gasteiger partial charge is 0.272 e. The van der Waals surface area contributed by atoms with Crippen molar-refractivity contribution in [1.82, 2.24) is 19.9 Å². The predicted molar refractivity (Wildman–Crippen MR) is 83.4 cm³/mol. The van der Waals surface area contributed by atoms with E-state index in [4.69, 9.17) is 0 Å². The van der Waals surface area contributed by atoms with Crippen molar-refractivity contribution < 1.29 is 4.79 Å². The Morgan fingerprint density at radius 2 is 1.82 bits per heavy atom. The van der Waals surface area contributed by atoms with E-state index in [2.05, 4.69) is 15.0 Å². The Balaban J connectivity index is 1.59. The molecular formula is C17H20N4O. The molecule has 0 atom stereocenters. The van der Waals surface area contributed by atoms with Crippen molar-refractivity contribution in [3.8, 4) is 0 Å². The molecule has 0 N–H and O–H groups in total. The highest BCUT2D eigenvalue weighted by Crippen LogP contribution is 2.44. The summed E-state index contributed by atoms with van der Waals surface area (Å²) >= 11 is 0. The number of carbonyl (C=O) groups is 1. The standard InChI is InChI=1S/C17H20N4O/c22-16(14-5-4-13-15(20-14)19-10-9-18-13)21-11-3-8-17(12-21)6-1-2-7-17/h4-5,9-10H,1-3,6-8,11-12H2. The number of aromatic nitrogens is 3. The molecule has 3 heterocycles. The quantitative estimate of drug-likeness (QED) is 0.812. The Morgan fingerprint density at radius 1 is 1.05 bits per heavy atom. The van der Waals surface area contributed by atoms with Gasteiger partial charge in [-0.2, -0.15) is 0 Å². The molecule has 1 saturated carbocycles. The number of rotatable bonds is 1. The second kappa shape index (κ2) is 5.30. The van der Waals surface area contributed by atoms with Crippen molar-refractivity contribution in [2.45, 2.75) is 38.5 Å². The van der Waals surface area contributed by atoms with Crippen molar-refractivity contribution in [3.05, 3.63) is 30.2 Å². The Bertz CT molecular complexity index is 709. The van der Waals surface area contributed by atoms with Gasteiger partial charge in [-0.1, -0.05) is 12.8 Å². The summed E-state index contributed by atoms with van der Waals surface area (Å²) in [7, 11) is 0. The molecule has 1 spiro atoms. The first-order valence-corrected chi connectivity index (χ1v) is 8.13. The van der Waals surface area contributed by atoms with Gasteiger partial charge in [0, 0.05) is 25.5 Å². The Labute approximate surface area is 129 Å². The van der Waals surface area contributed by atoms with Crippen molar-refractivity contribution in [3.63, 3.8) is 0 Å². The fourth-order valence-corrected chi connectivity index (χ4v) is 4.05. The van der Waals surface area contributed by atoms with E-state index in [9.17, 15) is 4.79 Å². The summed E-state index contributed by atoms with van der Waals surface area (Å²) < 4.78 is 0. The van der Waals surface area contributed by atoms with Crippen LogP contribution in [-0.4, -0.2) is 38.8 Å². The van der Waals surface area contributed by atoms with Crippen LogP contribution in [0.5, 0.6) is 0 Å². The number of likely N-dealkylation sites (tertiary alicyclic amines) is 1. The molecule has 0 unspecified atom stereocenters. The molecule has 2 aromatic rings. The van der Waals surface area contributed by atoms with Gasteiger partial charge in [0.05, 0.1) is 0 Å². The van der Waals surface area contributed by atoms with E-state index in [0.717, 1.165) is 25.0 Å². The minimum Gasteiger partial charge on any atom is -0.337 e. The van der Waals surface area contributed by atoms with E-state index < -0.39 is 0 Å². The molecule has 1 amide bonds. The number of carbonyl (C=O) groups excluding carboxylic acids is 1. The molecule has 0 aromatic carbocycles. The first kappa shape index (κ1) is 13.6. The van der Waals surface area contributed by atoms with E-state index in [1.807, 2.05) is 11.0 Å². The summed E-state index contributed by atoms with van der Waals surface area (Å²) in [4.78, 5) is 27.6. The van der Waals surface area contributed by atoms with Crippen LogP contribution in [0.2, 0.25) is 0 Å². The highest BCUT2D eigenvalue weighted by Gasteiger charge is 2.39. The fourth-order valence-electron chi connectivity index (χ4n) is 4.05. The highest BCUT2D eigenvalue weighted by molar-refractivity contribution is 5.94. The normalized spacial score (nSPS) is 20.6. The fraction of sp³-hybridized carbons (Fsp3) is 0.529. The largest absolute Gasteiger partial charge is 0.337 e. The first-order chi connectivity index (χ1) is 10.8. The lowest BCUT2D eigenvalue weighted by Crippen LogP contribution is -2.45. The van der Waals surface area contributed by atoms with Crippen LogP contribution in [0.3, 0.4) is 0 Å². The van der Waals surface area contributed by atoms with Gasteiger partial charge in [0.2, 0.25) is 0 Å². The summed E-state index contributed by atoms with van der Waals surface area (Å²) in [6.07, 6.45) is 10.8. The number of piperidine rings is 1. The van der Waals surface area contributed by atoms with Crippen LogP contribution < -0.4 is 0 Å². The summed E-state index contributed by atoms with van der Waals surface area (Å²) in [6, 6.07) is 3.60. The van der Waals surface area contributed by atoms with Gasteiger partial charge in [0.1, 0.15) is 11.2 Å². The monoisotopic (exact) mass is 296 g/mol. The number of nitrogens with zero attached hydrogens (tertiary/aromatic N) is 4. The van der Waals surface area contributed by atoms with Crippen molar-refractivity contribution in [2.75, 3.05) is 13.1 Å². The molecule has 1 saturated heterocycles. The lowest BCUT2D eigenvalue weighted by molar-refractivity contribution is 0.0520. The number of amides is 1. The van der Waals surface area contributed by atoms with Crippen molar-refractivity contribution >= 4 is 17.1 Å². The summed E-state index contributed by atoms with van der Waals surface area (Å²) in [5.74, 6) is 0.0403. The second-order valence-corrected chi connectivity index (χ2v) is 6.63. The van der Waals surface area contributed by atoms with Crippen LogP contribution in [-0.2, 0) is 0 Å². The average molecular weight is 296 g/mol. The SMILES string of the molecule is O=C(c1ccc2nccnc2n1)N1CCCC2(CCCC2)C1. The average Bonchev–Trinajstić information content (AvgIpc) is 3.01. The minimum absolute atomic E-state index is 0.0403. The molecule has 22 heavy (non-hydrogen) atoms.